The van der Waals surface area contributed by atoms with Gasteiger partial charge in [-0.2, -0.15) is 10.1 Å². The van der Waals surface area contributed by atoms with Gasteiger partial charge in [-0.3, -0.25) is 24.8 Å². The molecule has 184 valence electrons. The lowest BCUT2D eigenvalue weighted by Gasteiger charge is -2.14. The molecule has 3 aromatic rings. The highest BCUT2D eigenvalue weighted by atomic mass is 35.5. The molecule has 3 heterocycles. The third-order valence-corrected chi connectivity index (χ3v) is 6.98. The van der Waals surface area contributed by atoms with Gasteiger partial charge in [-0.15, -0.1) is 11.3 Å². The van der Waals surface area contributed by atoms with E-state index in [4.69, 9.17) is 23.2 Å². The number of hydrazone groups is 1. The maximum absolute atomic E-state index is 13.0. The van der Waals surface area contributed by atoms with Gasteiger partial charge in [0.15, 0.2) is 0 Å². The number of hydrogen-bond acceptors (Lipinski definition) is 7. The fourth-order valence-corrected chi connectivity index (χ4v) is 4.47. The molecule has 2 aromatic heterocycles. The lowest BCUT2D eigenvalue weighted by molar-refractivity contribution is -0.114. The molecular formula is C24H20Cl2N6O3S. The normalized spacial score (nSPS) is 14.4. The van der Waals surface area contributed by atoms with Gasteiger partial charge in [0.1, 0.15) is 0 Å². The number of allylic oxidation sites excluding steroid dienone is 1. The summed E-state index contributed by atoms with van der Waals surface area (Å²) < 4.78 is 0. The summed E-state index contributed by atoms with van der Waals surface area (Å²) in [5.74, 6) is -1.11. The van der Waals surface area contributed by atoms with Gasteiger partial charge < -0.3 is 10.7 Å². The number of nitrogens with zero attached hydrogens (tertiary/aromatic N) is 3. The van der Waals surface area contributed by atoms with Crippen LogP contribution in [0.25, 0.3) is 0 Å². The van der Waals surface area contributed by atoms with Crippen molar-refractivity contribution in [2.24, 2.45) is 5.10 Å². The molecule has 3 amide bonds. The van der Waals surface area contributed by atoms with E-state index < -0.39 is 5.91 Å². The Morgan fingerprint density at radius 3 is 2.36 bits per heavy atom. The van der Waals surface area contributed by atoms with Gasteiger partial charge in [0.05, 0.1) is 36.8 Å². The summed E-state index contributed by atoms with van der Waals surface area (Å²) in [6.07, 6.45) is 3.30. The monoisotopic (exact) mass is 542 g/mol. The Bertz CT molecular complexity index is 1400. The van der Waals surface area contributed by atoms with Crippen molar-refractivity contribution in [2.45, 2.75) is 20.4 Å². The Hall–Kier alpha value is -3.73. The van der Waals surface area contributed by atoms with E-state index >= 15 is 0 Å². The molecule has 0 fully saturated rings. The summed E-state index contributed by atoms with van der Waals surface area (Å²) >= 11 is 13.1. The molecule has 0 saturated heterocycles. The summed E-state index contributed by atoms with van der Waals surface area (Å²) in [7, 11) is 0. The number of pyridine rings is 1. The molecule has 0 aliphatic carbocycles. The third kappa shape index (κ3) is 5.56. The summed E-state index contributed by atoms with van der Waals surface area (Å²) in [6, 6.07) is 11.5. The fourth-order valence-electron chi connectivity index (χ4n) is 3.36. The highest BCUT2D eigenvalue weighted by Crippen LogP contribution is 2.30. The van der Waals surface area contributed by atoms with E-state index in [9.17, 15) is 14.4 Å². The van der Waals surface area contributed by atoms with Crippen molar-refractivity contribution in [3.05, 3.63) is 91.5 Å². The SMILES string of the molecule is CC1=NN(c2ccc(Cl)c(Cl)c2)C(=O)/C1=C(/C)NNC(=O)c1ccc(C(=O)NCc2ccncc2)s1. The van der Waals surface area contributed by atoms with Crippen LogP contribution in [0.2, 0.25) is 10.0 Å². The minimum atomic E-state index is -0.450. The molecule has 36 heavy (non-hydrogen) atoms. The zero-order chi connectivity index (χ0) is 25.8. The van der Waals surface area contributed by atoms with Crippen LogP contribution in [0.3, 0.4) is 0 Å². The van der Waals surface area contributed by atoms with Crippen molar-refractivity contribution in [1.82, 2.24) is 21.2 Å². The first-order valence-electron chi connectivity index (χ1n) is 10.6. The van der Waals surface area contributed by atoms with E-state index in [1.54, 1.807) is 68.7 Å². The van der Waals surface area contributed by atoms with Gasteiger partial charge in [0.2, 0.25) is 0 Å². The average Bonchev–Trinajstić information content (AvgIpc) is 3.48. The number of carbonyl (C=O) groups excluding carboxylic acids is 3. The molecular weight excluding hydrogens is 523 g/mol. The Morgan fingerprint density at radius 2 is 1.67 bits per heavy atom. The molecule has 9 nitrogen and oxygen atoms in total. The van der Waals surface area contributed by atoms with E-state index in [1.807, 2.05) is 0 Å². The second-order valence-corrected chi connectivity index (χ2v) is 9.58. The van der Waals surface area contributed by atoms with Crippen LogP contribution in [0.1, 0.15) is 38.8 Å². The van der Waals surface area contributed by atoms with Crippen molar-refractivity contribution < 1.29 is 14.4 Å². The van der Waals surface area contributed by atoms with Crippen LogP contribution in [0.5, 0.6) is 0 Å². The number of rotatable bonds is 7. The molecule has 0 saturated carbocycles. The maximum atomic E-state index is 13.0. The molecule has 12 heteroatoms. The first-order chi connectivity index (χ1) is 17.2. The highest BCUT2D eigenvalue weighted by molar-refractivity contribution is 7.15. The van der Waals surface area contributed by atoms with E-state index in [0.29, 0.717) is 49.0 Å². The van der Waals surface area contributed by atoms with E-state index in [-0.39, 0.29) is 11.8 Å². The molecule has 1 aliphatic rings. The molecule has 3 N–H and O–H groups in total. The average molecular weight is 543 g/mol. The standard InChI is InChI=1S/C24H20Cl2N6O3S/c1-13(21-14(2)31-32(24(21)35)16-3-4-17(25)18(26)11-16)29-30-23(34)20-6-5-19(36-20)22(33)28-12-15-7-9-27-10-8-15/h3-11,29H,12H2,1-2H3,(H,28,33)(H,30,34)/b21-13-. The number of hydrogen-bond donors (Lipinski definition) is 3. The van der Waals surface area contributed by atoms with Crippen LogP contribution in [0.15, 0.2) is 71.2 Å². The van der Waals surface area contributed by atoms with Crippen LogP contribution < -0.4 is 21.2 Å². The quantitative estimate of drug-likeness (QED) is 0.304. The predicted molar refractivity (Wildman–Crippen MR) is 140 cm³/mol. The topological polar surface area (TPSA) is 116 Å². The highest BCUT2D eigenvalue weighted by Gasteiger charge is 2.31. The minimum Gasteiger partial charge on any atom is -0.347 e. The fraction of sp³-hybridized carbons (Fsp3) is 0.125. The van der Waals surface area contributed by atoms with Gasteiger partial charge in [-0.05, 0) is 61.9 Å². The number of nitrogens with one attached hydrogen (secondary N) is 3. The summed E-state index contributed by atoms with van der Waals surface area (Å²) in [5.41, 5.74) is 7.89. The smallest absolute Gasteiger partial charge is 0.282 e. The second-order valence-electron chi connectivity index (χ2n) is 7.68. The molecule has 1 aromatic carbocycles. The number of anilines is 1. The summed E-state index contributed by atoms with van der Waals surface area (Å²) in [4.78, 5) is 42.7. The number of benzene rings is 1. The van der Waals surface area contributed by atoms with Crippen LogP contribution >= 0.6 is 34.5 Å². The van der Waals surface area contributed by atoms with Gasteiger partial charge >= 0.3 is 0 Å². The second kappa shape index (κ2) is 10.9. The van der Waals surface area contributed by atoms with Crippen LogP contribution in [-0.2, 0) is 11.3 Å². The van der Waals surface area contributed by atoms with E-state index in [0.717, 1.165) is 16.9 Å². The maximum Gasteiger partial charge on any atom is 0.282 e. The largest absolute Gasteiger partial charge is 0.347 e. The van der Waals surface area contributed by atoms with Crippen LogP contribution in [-0.4, -0.2) is 28.4 Å². The Balaban J connectivity index is 1.37. The molecule has 0 unspecified atom stereocenters. The molecule has 0 bridgehead atoms. The van der Waals surface area contributed by atoms with E-state index in [1.165, 1.54) is 5.01 Å². The Morgan fingerprint density at radius 1 is 0.972 bits per heavy atom. The number of hydrazine groups is 1. The van der Waals surface area contributed by atoms with Gasteiger partial charge in [0.25, 0.3) is 17.7 Å². The zero-order valence-corrected chi connectivity index (χ0v) is 21.5. The number of thiophene rings is 1. The lowest BCUT2D eigenvalue weighted by Crippen LogP contribution is -2.37. The van der Waals surface area contributed by atoms with Crippen molar-refractivity contribution in [2.75, 3.05) is 5.01 Å². The number of carbonyl (C=O) groups is 3. The predicted octanol–water partition coefficient (Wildman–Crippen LogP) is 4.31. The van der Waals surface area contributed by atoms with Gasteiger partial charge in [-0.1, -0.05) is 23.2 Å². The number of aromatic nitrogens is 1. The molecule has 1 aliphatic heterocycles. The molecule has 0 radical (unpaired) electrons. The summed E-state index contributed by atoms with van der Waals surface area (Å²) in [5, 5.41) is 9.00. The van der Waals surface area contributed by atoms with Crippen molar-refractivity contribution in [3.8, 4) is 0 Å². The van der Waals surface area contributed by atoms with Gasteiger partial charge in [-0.25, -0.2) is 0 Å². The first kappa shape index (κ1) is 25.4. The van der Waals surface area contributed by atoms with E-state index in [2.05, 4.69) is 26.3 Å². The van der Waals surface area contributed by atoms with Crippen molar-refractivity contribution in [3.63, 3.8) is 0 Å². The minimum absolute atomic E-state index is 0.284. The summed E-state index contributed by atoms with van der Waals surface area (Å²) in [6.45, 7) is 3.69. The molecule has 0 atom stereocenters. The zero-order valence-electron chi connectivity index (χ0n) is 19.1. The molecule has 0 spiro atoms. The van der Waals surface area contributed by atoms with Crippen molar-refractivity contribution in [1.29, 1.82) is 0 Å². The Kier molecular flexibility index (Phi) is 7.68. The lowest BCUT2D eigenvalue weighted by atomic mass is 10.1. The molecule has 4 rings (SSSR count). The van der Waals surface area contributed by atoms with Crippen LogP contribution in [0, 0.1) is 0 Å². The van der Waals surface area contributed by atoms with Gasteiger partial charge in [0, 0.05) is 24.6 Å². The Labute approximate surface area is 220 Å². The van der Waals surface area contributed by atoms with Crippen LogP contribution in [0.4, 0.5) is 5.69 Å². The third-order valence-electron chi connectivity index (χ3n) is 5.16. The number of amides is 3. The van der Waals surface area contributed by atoms with Crippen molar-refractivity contribution >= 4 is 63.7 Å². The first-order valence-corrected chi connectivity index (χ1v) is 12.2. The number of halogens is 2.